The van der Waals surface area contributed by atoms with E-state index in [0.717, 1.165) is 0 Å². The molecule has 0 saturated carbocycles. The van der Waals surface area contributed by atoms with Gasteiger partial charge in [-0.15, -0.1) is 0 Å². The van der Waals surface area contributed by atoms with Gasteiger partial charge in [0, 0.05) is 5.69 Å². The van der Waals surface area contributed by atoms with Crippen LogP contribution in [0.5, 0.6) is 0 Å². The Balaban J connectivity index is 1.95. The van der Waals surface area contributed by atoms with Crippen molar-refractivity contribution < 1.29 is 14.3 Å². The lowest BCUT2D eigenvalue weighted by Gasteiger charge is -2.24. The highest BCUT2D eigenvalue weighted by atomic mass is 19.1. The fourth-order valence-electron chi connectivity index (χ4n) is 2.14. The number of benzene rings is 2. The maximum absolute atomic E-state index is 13.3. The first-order chi connectivity index (χ1) is 10.4. The highest BCUT2D eigenvalue weighted by Crippen LogP contribution is 2.19. The number of hydrogen-bond donors (Lipinski definition) is 3. The van der Waals surface area contributed by atoms with Gasteiger partial charge in [-0.3, -0.25) is 0 Å². The van der Waals surface area contributed by atoms with Crippen molar-refractivity contribution in [3.8, 4) is 0 Å². The molecule has 3 N–H and O–H groups in total. The summed E-state index contributed by atoms with van der Waals surface area (Å²) in [5, 5.41) is 15.5. The van der Waals surface area contributed by atoms with Gasteiger partial charge in [-0.2, -0.15) is 0 Å². The lowest BCUT2D eigenvalue weighted by molar-refractivity contribution is 0.0599. The van der Waals surface area contributed by atoms with E-state index < -0.39 is 17.4 Å². The van der Waals surface area contributed by atoms with E-state index in [9.17, 15) is 14.3 Å². The van der Waals surface area contributed by atoms with Crippen LogP contribution in [0.4, 0.5) is 14.9 Å². The molecule has 2 aromatic carbocycles. The Bertz CT molecular complexity index is 637. The molecule has 4 nitrogen and oxygen atoms in total. The summed E-state index contributed by atoms with van der Waals surface area (Å²) in [5.41, 5.74) is 0.606. The van der Waals surface area contributed by atoms with E-state index in [-0.39, 0.29) is 6.54 Å². The van der Waals surface area contributed by atoms with Crippen molar-refractivity contribution in [1.82, 2.24) is 5.32 Å². The molecule has 0 saturated heterocycles. The summed E-state index contributed by atoms with van der Waals surface area (Å²) >= 11 is 0. The van der Waals surface area contributed by atoms with E-state index in [1.54, 1.807) is 32.0 Å². The van der Waals surface area contributed by atoms with E-state index in [4.69, 9.17) is 0 Å². The fourth-order valence-corrected chi connectivity index (χ4v) is 2.14. The van der Waals surface area contributed by atoms with Gasteiger partial charge in [0.05, 0.1) is 6.54 Å². The number of hydrogen-bond acceptors (Lipinski definition) is 2. The van der Waals surface area contributed by atoms with Gasteiger partial charge in [0.25, 0.3) is 0 Å². The predicted molar refractivity (Wildman–Crippen MR) is 84.2 cm³/mol. The molecule has 0 aromatic heterocycles. The number of carbonyl (C=O) groups excluding carboxylic acids is 1. The van der Waals surface area contributed by atoms with Crippen LogP contribution < -0.4 is 10.6 Å². The second kappa shape index (κ2) is 6.58. The Kier molecular flexibility index (Phi) is 4.78. The molecule has 0 aliphatic heterocycles. The van der Waals surface area contributed by atoms with Crippen molar-refractivity contribution in [3.63, 3.8) is 0 Å². The molecule has 0 radical (unpaired) electrons. The SMILES string of the molecule is Cc1cc(F)cc(NC(=O)NCC(C)(O)c2ccccc2)c1. The van der Waals surface area contributed by atoms with E-state index >= 15 is 0 Å². The van der Waals surface area contributed by atoms with Crippen molar-refractivity contribution in [2.75, 3.05) is 11.9 Å². The van der Waals surface area contributed by atoms with Crippen molar-refractivity contribution in [1.29, 1.82) is 0 Å². The summed E-state index contributed by atoms with van der Waals surface area (Å²) in [6.45, 7) is 3.40. The molecule has 1 atom stereocenters. The molecule has 0 heterocycles. The zero-order chi connectivity index (χ0) is 16.2. The Hall–Kier alpha value is -2.40. The van der Waals surface area contributed by atoms with Crippen LogP contribution in [-0.4, -0.2) is 17.7 Å². The van der Waals surface area contributed by atoms with Gasteiger partial charge in [-0.05, 0) is 43.2 Å². The quantitative estimate of drug-likeness (QED) is 0.812. The number of aryl methyl sites for hydroxylation is 1. The van der Waals surface area contributed by atoms with Crippen molar-refractivity contribution in [2.24, 2.45) is 0 Å². The highest BCUT2D eigenvalue weighted by molar-refractivity contribution is 5.89. The minimum absolute atomic E-state index is 0.0388. The highest BCUT2D eigenvalue weighted by Gasteiger charge is 2.23. The van der Waals surface area contributed by atoms with Crippen LogP contribution in [0, 0.1) is 12.7 Å². The third-order valence-electron chi connectivity index (χ3n) is 3.29. The largest absolute Gasteiger partial charge is 0.384 e. The summed E-state index contributed by atoms with van der Waals surface area (Å²) in [6.07, 6.45) is 0. The van der Waals surface area contributed by atoms with E-state index in [1.165, 1.54) is 12.1 Å². The second-order valence-corrected chi connectivity index (χ2v) is 5.46. The maximum Gasteiger partial charge on any atom is 0.319 e. The van der Waals surface area contributed by atoms with Crippen LogP contribution in [0.1, 0.15) is 18.1 Å². The first kappa shape index (κ1) is 16.0. The first-order valence-electron chi connectivity index (χ1n) is 6.97. The van der Waals surface area contributed by atoms with Crippen molar-refractivity contribution in [2.45, 2.75) is 19.4 Å². The average Bonchev–Trinajstić information content (AvgIpc) is 2.45. The van der Waals surface area contributed by atoms with Crippen LogP contribution >= 0.6 is 0 Å². The van der Waals surface area contributed by atoms with Gasteiger partial charge in [0.2, 0.25) is 0 Å². The Morgan fingerprint density at radius 2 is 1.91 bits per heavy atom. The summed E-state index contributed by atoms with van der Waals surface area (Å²) in [6, 6.07) is 12.8. The van der Waals surface area contributed by atoms with E-state index in [0.29, 0.717) is 16.8 Å². The van der Waals surface area contributed by atoms with Crippen LogP contribution in [-0.2, 0) is 5.60 Å². The van der Waals surface area contributed by atoms with Gasteiger partial charge in [0.15, 0.2) is 0 Å². The minimum Gasteiger partial charge on any atom is -0.384 e. The van der Waals surface area contributed by atoms with Crippen molar-refractivity contribution in [3.05, 3.63) is 65.5 Å². The fraction of sp³-hybridized carbons (Fsp3) is 0.235. The Labute approximate surface area is 129 Å². The molecular formula is C17H19FN2O2. The number of amides is 2. The number of rotatable bonds is 4. The molecule has 116 valence electrons. The van der Waals surface area contributed by atoms with Gasteiger partial charge in [0.1, 0.15) is 11.4 Å². The molecule has 2 rings (SSSR count). The molecule has 1 unspecified atom stereocenters. The summed E-state index contributed by atoms with van der Waals surface area (Å²) in [5.74, 6) is -0.411. The van der Waals surface area contributed by atoms with Gasteiger partial charge < -0.3 is 15.7 Å². The van der Waals surface area contributed by atoms with Crippen molar-refractivity contribution >= 4 is 11.7 Å². The molecule has 0 spiro atoms. The monoisotopic (exact) mass is 302 g/mol. The molecule has 0 aliphatic rings. The van der Waals surface area contributed by atoms with Crippen LogP contribution in [0.25, 0.3) is 0 Å². The number of carbonyl (C=O) groups is 1. The lowest BCUT2D eigenvalue weighted by atomic mass is 9.96. The lowest BCUT2D eigenvalue weighted by Crippen LogP contribution is -2.40. The zero-order valence-electron chi connectivity index (χ0n) is 12.6. The predicted octanol–water partition coefficient (Wildman–Crippen LogP) is 3.16. The minimum atomic E-state index is -1.18. The van der Waals surface area contributed by atoms with Gasteiger partial charge in [-0.1, -0.05) is 30.3 Å². The summed E-state index contributed by atoms with van der Waals surface area (Å²) in [4.78, 5) is 11.9. The standard InChI is InChI=1S/C17H19FN2O2/c1-12-8-14(18)10-15(9-12)20-16(21)19-11-17(2,22)13-6-4-3-5-7-13/h3-10,22H,11H2,1-2H3,(H2,19,20,21). The van der Waals surface area contributed by atoms with E-state index in [2.05, 4.69) is 10.6 Å². The molecule has 2 aromatic rings. The molecule has 0 bridgehead atoms. The first-order valence-corrected chi connectivity index (χ1v) is 6.97. The number of nitrogens with one attached hydrogen (secondary N) is 2. The Morgan fingerprint density at radius 3 is 2.55 bits per heavy atom. The smallest absolute Gasteiger partial charge is 0.319 e. The molecular weight excluding hydrogens is 283 g/mol. The topological polar surface area (TPSA) is 61.4 Å². The second-order valence-electron chi connectivity index (χ2n) is 5.46. The van der Waals surface area contributed by atoms with Gasteiger partial charge >= 0.3 is 6.03 Å². The Morgan fingerprint density at radius 1 is 1.23 bits per heavy atom. The number of halogens is 1. The molecule has 2 amide bonds. The summed E-state index contributed by atoms with van der Waals surface area (Å²) < 4.78 is 13.3. The maximum atomic E-state index is 13.3. The number of urea groups is 1. The number of aliphatic hydroxyl groups is 1. The average molecular weight is 302 g/mol. The molecule has 0 aliphatic carbocycles. The normalized spacial score (nSPS) is 13.3. The third-order valence-corrected chi connectivity index (χ3v) is 3.29. The summed E-state index contributed by atoms with van der Waals surface area (Å²) in [7, 11) is 0. The van der Waals surface area contributed by atoms with Crippen LogP contribution in [0.15, 0.2) is 48.5 Å². The van der Waals surface area contributed by atoms with Gasteiger partial charge in [-0.25, -0.2) is 9.18 Å². The molecule has 5 heteroatoms. The van der Waals surface area contributed by atoms with Crippen LogP contribution in [0.3, 0.4) is 0 Å². The molecule has 22 heavy (non-hydrogen) atoms. The van der Waals surface area contributed by atoms with Crippen LogP contribution in [0.2, 0.25) is 0 Å². The van der Waals surface area contributed by atoms with E-state index in [1.807, 2.05) is 18.2 Å². The molecule has 0 fully saturated rings. The zero-order valence-corrected chi connectivity index (χ0v) is 12.6. The number of anilines is 1. The third kappa shape index (κ3) is 4.30.